The van der Waals surface area contributed by atoms with E-state index in [1.54, 1.807) is 7.05 Å². The maximum Gasteiger partial charge on any atom is 0.236 e. The summed E-state index contributed by atoms with van der Waals surface area (Å²) in [4.78, 5) is 13.6. The maximum atomic E-state index is 11.6. The first-order chi connectivity index (χ1) is 7.27. The van der Waals surface area contributed by atoms with Crippen molar-refractivity contribution in [3.63, 3.8) is 0 Å². The standard InChI is InChI=1S/C11H22N2O2/c1-3-15-9-10-5-4-6-13(8-10)11(14)7-12-2/h10,12H,3-9H2,1-2H3. The summed E-state index contributed by atoms with van der Waals surface area (Å²) in [6, 6.07) is 0. The molecule has 0 aromatic carbocycles. The number of hydrogen-bond acceptors (Lipinski definition) is 3. The smallest absolute Gasteiger partial charge is 0.236 e. The molecule has 0 radical (unpaired) electrons. The van der Waals surface area contributed by atoms with E-state index in [0.717, 1.165) is 32.7 Å². The average molecular weight is 214 g/mol. The van der Waals surface area contributed by atoms with Crippen LogP contribution in [0.3, 0.4) is 0 Å². The Balaban J connectivity index is 2.31. The molecule has 0 spiro atoms. The lowest BCUT2D eigenvalue weighted by Crippen LogP contribution is -2.44. The van der Waals surface area contributed by atoms with E-state index in [1.165, 1.54) is 6.42 Å². The van der Waals surface area contributed by atoms with Crippen LogP contribution in [0.5, 0.6) is 0 Å². The molecule has 88 valence electrons. The summed E-state index contributed by atoms with van der Waals surface area (Å²) in [6.07, 6.45) is 2.29. The Kier molecular flexibility index (Phi) is 5.65. The minimum Gasteiger partial charge on any atom is -0.381 e. The summed E-state index contributed by atoms with van der Waals surface area (Å²) >= 11 is 0. The topological polar surface area (TPSA) is 41.6 Å². The average Bonchev–Trinajstić information content (AvgIpc) is 2.27. The van der Waals surface area contributed by atoms with Crippen molar-refractivity contribution in [2.45, 2.75) is 19.8 Å². The highest BCUT2D eigenvalue weighted by atomic mass is 16.5. The quantitative estimate of drug-likeness (QED) is 0.724. The van der Waals surface area contributed by atoms with Crippen molar-refractivity contribution >= 4 is 5.91 Å². The van der Waals surface area contributed by atoms with Crippen LogP contribution in [0, 0.1) is 5.92 Å². The van der Waals surface area contributed by atoms with E-state index in [0.29, 0.717) is 12.5 Å². The SMILES string of the molecule is CCOCC1CCCN(C(=O)CNC)C1. The second-order valence-electron chi connectivity index (χ2n) is 4.04. The molecule has 0 saturated carbocycles. The highest BCUT2D eigenvalue weighted by Gasteiger charge is 2.22. The first kappa shape index (κ1) is 12.5. The van der Waals surface area contributed by atoms with Gasteiger partial charge >= 0.3 is 0 Å². The molecule has 4 nitrogen and oxygen atoms in total. The van der Waals surface area contributed by atoms with Crippen LogP contribution in [-0.2, 0) is 9.53 Å². The van der Waals surface area contributed by atoms with Gasteiger partial charge in [-0.2, -0.15) is 0 Å². The van der Waals surface area contributed by atoms with Crippen molar-refractivity contribution in [1.82, 2.24) is 10.2 Å². The van der Waals surface area contributed by atoms with Crippen LogP contribution in [0.25, 0.3) is 0 Å². The molecule has 1 atom stereocenters. The highest BCUT2D eigenvalue weighted by Crippen LogP contribution is 2.16. The van der Waals surface area contributed by atoms with Gasteiger partial charge in [-0.25, -0.2) is 0 Å². The Morgan fingerprint density at radius 3 is 3.07 bits per heavy atom. The van der Waals surface area contributed by atoms with Gasteiger partial charge in [0.15, 0.2) is 0 Å². The largest absolute Gasteiger partial charge is 0.381 e. The van der Waals surface area contributed by atoms with Gasteiger partial charge in [0.25, 0.3) is 0 Å². The maximum absolute atomic E-state index is 11.6. The summed E-state index contributed by atoms with van der Waals surface area (Å²) in [5, 5.41) is 2.90. The molecule has 1 fully saturated rings. The lowest BCUT2D eigenvalue weighted by atomic mass is 9.99. The predicted octanol–water partition coefficient (Wildman–Crippen LogP) is 0.481. The number of hydrogen-bond donors (Lipinski definition) is 1. The van der Waals surface area contributed by atoms with E-state index in [4.69, 9.17) is 4.74 Å². The van der Waals surface area contributed by atoms with Gasteiger partial charge < -0.3 is 15.0 Å². The fourth-order valence-corrected chi connectivity index (χ4v) is 1.98. The van der Waals surface area contributed by atoms with Crippen molar-refractivity contribution < 1.29 is 9.53 Å². The number of amides is 1. The molecule has 4 heteroatoms. The third-order valence-corrected chi connectivity index (χ3v) is 2.76. The molecule has 15 heavy (non-hydrogen) atoms. The number of carbonyl (C=O) groups excluding carboxylic acids is 1. The molecule has 0 aromatic rings. The van der Waals surface area contributed by atoms with E-state index in [-0.39, 0.29) is 5.91 Å². The molecule has 1 rings (SSSR count). The molecular formula is C11H22N2O2. The van der Waals surface area contributed by atoms with E-state index >= 15 is 0 Å². The summed E-state index contributed by atoms with van der Waals surface area (Å²) in [7, 11) is 1.81. The predicted molar refractivity (Wildman–Crippen MR) is 59.7 cm³/mol. The Morgan fingerprint density at radius 1 is 1.60 bits per heavy atom. The van der Waals surface area contributed by atoms with Gasteiger partial charge in [-0.3, -0.25) is 4.79 Å². The van der Waals surface area contributed by atoms with Crippen LogP contribution < -0.4 is 5.32 Å². The lowest BCUT2D eigenvalue weighted by molar-refractivity contribution is -0.132. The van der Waals surface area contributed by atoms with Gasteiger partial charge in [0, 0.05) is 19.7 Å². The summed E-state index contributed by atoms with van der Waals surface area (Å²) < 4.78 is 5.41. The lowest BCUT2D eigenvalue weighted by Gasteiger charge is -2.32. The minimum atomic E-state index is 0.207. The van der Waals surface area contributed by atoms with Gasteiger partial charge in [-0.1, -0.05) is 0 Å². The molecule has 1 heterocycles. The molecule has 0 bridgehead atoms. The van der Waals surface area contributed by atoms with Crippen molar-refractivity contribution in [1.29, 1.82) is 0 Å². The number of likely N-dealkylation sites (N-methyl/N-ethyl adjacent to an activating group) is 1. The fraction of sp³-hybridized carbons (Fsp3) is 0.909. The number of nitrogens with zero attached hydrogens (tertiary/aromatic N) is 1. The second-order valence-corrected chi connectivity index (χ2v) is 4.04. The number of ether oxygens (including phenoxy) is 1. The van der Waals surface area contributed by atoms with E-state index < -0.39 is 0 Å². The Labute approximate surface area is 92.0 Å². The molecule has 1 amide bonds. The van der Waals surface area contributed by atoms with E-state index in [2.05, 4.69) is 5.32 Å². The molecule has 1 aliphatic heterocycles. The number of nitrogens with one attached hydrogen (secondary N) is 1. The minimum absolute atomic E-state index is 0.207. The number of rotatable bonds is 5. The van der Waals surface area contributed by atoms with Gasteiger partial charge in [0.2, 0.25) is 5.91 Å². The van der Waals surface area contributed by atoms with E-state index in [1.807, 2.05) is 11.8 Å². The zero-order valence-corrected chi connectivity index (χ0v) is 9.79. The molecule has 1 unspecified atom stereocenters. The van der Waals surface area contributed by atoms with E-state index in [9.17, 15) is 4.79 Å². The van der Waals surface area contributed by atoms with Gasteiger partial charge in [-0.05, 0) is 32.7 Å². The van der Waals surface area contributed by atoms with Gasteiger partial charge in [0.1, 0.15) is 0 Å². The molecular weight excluding hydrogens is 192 g/mol. The fourth-order valence-electron chi connectivity index (χ4n) is 1.98. The number of carbonyl (C=O) groups is 1. The molecule has 1 N–H and O–H groups in total. The molecule has 1 saturated heterocycles. The summed E-state index contributed by atoms with van der Waals surface area (Å²) in [6.45, 7) is 5.78. The second kappa shape index (κ2) is 6.80. The first-order valence-electron chi connectivity index (χ1n) is 5.78. The van der Waals surface area contributed by atoms with Crippen molar-refractivity contribution in [2.75, 3.05) is 39.9 Å². The van der Waals surface area contributed by atoms with Crippen LogP contribution >= 0.6 is 0 Å². The highest BCUT2D eigenvalue weighted by molar-refractivity contribution is 5.78. The van der Waals surface area contributed by atoms with Crippen molar-refractivity contribution in [3.8, 4) is 0 Å². The third kappa shape index (κ3) is 4.18. The van der Waals surface area contributed by atoms with Crippen LogP contribution in [0.2, 0.25) is 0 Å². The number of likely N-dealkylation sites (tertiary alicyclic amines) is 1. The van der Waals surface area contributed by atoms with Crippen LogP contribution in [0.4, 0.5) is 0 Å². The third-order valence-electron chi connectivity index (χ3n) is 2.76. The van der Waals surface area contributed by atoms with Gasteiger partial charge in [0.05, 0.1) is 13.2 Å². The first-order valence-corrected chi connectivity index (χ1v) is 5.78. The molecule has 1 aliphatic rings. The van der Waals surface area contributed by atoms with Crippen molar-refractivity contribution in [2.24, 2.45) is 5.92 Å². The Morgan fingerprint density at radius 2 is 2.40 bits per heavy atom. The van der Waals surface area contributed by atoms with Crippen LogP contribution in [-0.4, -0.2) is 50.7 Å². The normalized spacial score (nSPS) is 21.7. The Bertz CT molecular complexity index is 197. The van der Waals surface area contributed by atoms with Gasteiger partial charge in [-0.15, -0.1) is 0 Å². The number of piperidine rings is 1. The monoisotopic (exact) mass is 214 g/mol. The Hall–Kier alpha value is -0.610. The molecule has 0 aromatic heterocycles. The zero-order chi connectivity index (χ0) is 11.1. The molecule has 0 aliphatic carbocycles. The summed E-state index contributed by atoms with van der Waals surface area (Å²) in [5.41, 5.74) is 0. The summed E-state index contributed by atoms with van der Waals surface area (Å²) in [5.74, 6) is 0.734. The van der Waals surface area contributed by atoms with Crippen LogP contribution in [0.15, 0.2) is 0 Å². The van der Waals surface area contributed by atoms with Crippen molar-refractivity contribution in [3.05, 3.63) is 0 Å². The van der Waals surface area contributed by atoms with Crippen LogP contribution in [0.1, 0.15) is 19.8 Å². The zero-order valence-electron chi connectivity index (χ0n) is 9.79.